The van der Waals surface area contributed by atoms with Gasteiger partial charge in [0.2, 0.25) is 5.95 Å². The average Bonchev–Trinajstić information content (AvgIpc) is 3.25. The topological polar surface area (TPSA) is 41.1 Å². The quantitative estimate of drug-likeness (QED) is 0.899. The van der Waals surface area contributed by atoms with Gasteiger partial charge in [-0.1, -0.05) is 6.92 Å². The molecular weight excluding hydrogens is 243 g/mol. The van der Waals surface area contributed by atoms with Gasteiger partial charge in [0, 0.05) is 31.0 Å². The first-order valence-corrected chi connectivity index (χ1v) is 7.22. The molecule has 2 fully saturated rings. The zero-order valence-electron chi connectivity index (χ0n) is 11.3. The predicted molar refractivity (Wildman–Crippen MR) is 73.1 cm³/mol. The van der Waals surface area contributed by atoms with E-state index >= 15 is 0 Å². The molecule has 1 aliphatic heterocycles. The second-order valence-corrected chi connectivity index (χ2v) is 5.54. The van der Waals surface area contributed by atoms with Crippen molar-refractivity contribution in [1.29, 1.82) is 0 Å². The van der Waals surface area contributed by atoms with Gasteiger partial charge in [0.15, 0.2) is 0 Å². The molecule has 1 N–H and O–H groups in total. The van der Waals surface area contributed by atoms with E-state index in [0.29, 0.717) is 18.5 Å². The van der Waals surface area contributed by atoms with Crippen molar-refractivity contribution < 1.29 is 4.39 Å². The number of rotatable bonds is 4. The van der Waals surface area contributed by atoms with Crippen LogP contribution in [0.3, 0.4) is 0 Å². The van der Waals surface area contributed by atoms with E-state index < -0.39 is 6.17 Å². The fourth-order valence-electron chi connectivity index (χ4n) is 2.52. The summed E-state index contributed by atoms with van der Waals surface area (Å²) in [7, 11) is 0. The number of anilines is 1. The third kappa shape index (κ3) is 3.03. The molecule has 104 valence electrons. The summed E-state index contributed by atoms with van der Waals surface area (Å²) < 4.78 is 14.2. The Bertz CT molecular complexity index is 418. The Labute approximate surface area is 113 Å². The van der Waals surface area contributed by atoms with Crippen molar-refractivity contribution in [3.8, 4) is 0 Å². The van der Waals surface area contributed by atoms with Crippen molar-refractivity contribution in [3.63, 3.8) is 0 Å². The molecule has 0 bridgehead atoms. The maximum atomic E-state index is 14.2. The molecule has 2 heterocycles. The van der Waals surface area contributed by atoms with E-state index in [9.17, 15) is 4.39 Å². The minimum Gasteiger partial charge on any atom is -0.338 e. The summed E-state index contributed by atoms with van der Waals surface area (Å²) in [5, 5.41) is 3.39. The third-order valence-electron chi connectivity index (χ3n) is 3.95. The molecule has 1 aliphatic carbocycles. The van der Waals surface area contributed by atoms with Crippen LogP contribution >= 0.6 is 0 Å². The highest BCUT2D eigenvalue weighted by molar-refractivity contribution is 5.31. The summed E-state index contributed by atoms with van der Waals surface area (Å²) in [6.07, 6.45) is 7.01. The first kappa shape index (κ1) is 12.8. The maximum Gasteiger partial charge on any atom is 0.225 e. The monoisotopic (exact) mass is 264 g/mol. The Morgan fingerprint density at radius 2 is 2.05 bits per heavy atom. The summed E-state index contributed by atoms with van der Waals surface area (Å²) >= 11 is 0. The van der Waals surface area contributed by atoms with E-state index in [1.807, 2.05) is 17.3 Å². The summed E-state index contributed by atoms with van der Waals surface area (Å²) in [5.74, 6) is 0.657. The lowest BCUT2D eigenvalue weighted by molar-refractivity contribution is 0.217. The number of nitrogens with one attached hydrogen (secondary N) is 1. The second-order valence-electron chi connectivity index (χ2n) is 5.54. The first-order chi connectivity index (χ1) is 9.26. The van der Waals surface area contributed by atoms with Crippen LogP contribution in [0.2, 0.25) is 0 Å². The molecule has 1 saturated carbocycles. The van der Waals surface area contributed by atoms with Crippen molar-refractivity contribution >= 4 is 5.95 Å². The molecular formula is C14H21FN4. The number of halogens is 1. The predicted octanol–water partition coefficient (Wildman–Crippen LogP) is 1.71. The fraction of sp³-hybridized carbons (Fsp3) is 0.714. The molecule has 0 aromatic carbocycles. The summed E-state index contributed by atoms with van der Waals surface area (Å²) in [4.78, 5) is 10.6. The highest BCUT2D eigenvalue weighted by Crippen LogP contribution is 2.24. The Morgan fingerprint density at radius 3 is 2.63 bits per heavy atom. The molecule has 5 heteroatoms. The number of hydrogen-bond acceptors (Lipinski definition) is 4. The number of aryl methyl sites for hydroxylation is 1. The van der Waals surface area contributed by atoms with Crippen LogP contribution in [-0.4, -0.2) is 41.3 Å². The lowest BCUT2D eigenvalue weighted by Gasteiger charge is -2.35. The van der Waals surface area contributed by atoms with Gasteiger partial charge in [-0.2, -0.15) is 0 Å². The smallest absolute Gasteiger partial charge is 0.225 e. The van der Waals surface area contributed by atoms with Crippen LogP contribution < -0.4 is 10.2 Å². The van der Waals surface area contributed by atoms with Crippen LogP contribution in [0.15, 0.2) is 12.4 Å². The Morgan fingerprint density at radius 1 is 1.32 bits per heavy atom. The van der Waals surface area contributed by atoms with Gasteiger partial charge >= 0.3 is 0 Å². The zero-order chi connectivity index (χ0) is 13.2. The molecule has 1 saturated heterocycles. The Balaban J connectivity index is 1.60. The molecule has 0 spiro atoms. The summed E-state index contributed by atoms with van der Waals surface area (Å²) in [5.41, 5.74) is 1.12. The zero-order valence-corrected chi connectivity index (χ0v) is 11.3. The molecule has 19 heavy (non-hydrogen) atoms. The Kier molecular flexibility index (Phi) is 3.64. The number of aromatic nitrogens is 2. The van der Waals surface area contributed by atoms with Crippen molar-refractivity contribution in [2.45, 2.75) is 50.9 Å². The van der Waals surface area contributed by atoms with Crippen molar-refractivity contribution in [3.05, 3.63) is 18.0 Å². The largest absolute Gasteiger partial charge is 0.338 e. The molecule has 1 aromatic heterocycles. The molecule has 0 amide bonds. The first-order valence-electron chi connectivity index (χ1n) is 7.22. The minimum atomic E-state index is -0.830. The van der Waals surface area contributed by atoms with E-state index in [2.05, 4.69) is 22.2 Å². The number of alkyl halides is 1. The van der Waals surface area contributed by atoms with Crippen molar-refractivity contribution in [2.75, 3.05) is 18.0 Å². The normalized spacial score (nSPS) is 27.6. The van der Waals surface area contributed by atoms with Gasteiger partial charge in [-0.15, -0.1) is 0 Å². The standard InChI is InChI=1S/C14H21FN4/c1-2-10-7-16-14(17-8-10)19-6-5-13(12(15)9-19)18-11-3-4-11/h7-8,11-13,18H,2-6,9H2,1H3/t12-,13+/m1/s1. The minimum absolute atomic E-state index is 0.0127. The van der Waals surface area contributed by atoms with Gasteiger partial charge in [0.25, 0.3) is 0 Å². The van der Waals surface area contributed by atoms with Crippen LogP contribution in [0.5, 0.6) is 0 Å². The molecule has 2 aliphatic rings. The fourth-order valence-corrected chi connectivity index (χ4v) is 2.52. The van der Waals surface area contributed by atoms with E-state index in [1.165, 1.54) is 12.8 Å². The summed E-state index contributed by atoms with van der Waals surface area (Å²) in [6, 6.07) is 0.577. The van der Waals surface area contributed by atoms with Crippen molar-refractivity contribution in [2.24, 2.45) is 0 Å². The van der Waals surface area contributed by atoms with Crippen LogP contribution in [0.4, 0.5) is 10.3 Å². The third-order valence-corrected chi connectivity index (χ3v) is 3.95. The SMILES string of the molecule is CCc1cnc(N2CC[C@H](NC3CC3)[C@H](F)C2)nc1. The average molecular weight is 264 g/mol. The van der Waals surface area contributed by atoms with Crippen LogP contribution in [0.1, 0.15) is 31.7 Å². The van der Waals surface area contributed by atoms with Gasteiger partial charge in [-0.3, -0.25) is 0 Å². The van der Waals surface area contributed by atoms with E-state index in [-0.39, 0.29) is 6.04 Å². The Hall–Kier alpha value is -1.23. The lowest BCUT2D eigenvalue weighted by atomic mass is 10.0. The van der Waals surface area contributed by atoms with E-state index in [1.54, 1.807) is 0 Å². The molecule has 3 rings (SSSR count). The van der Waals surface area contributed by atoms with Gasteiger partial charge < -0.3 is 10.2 Å². The number of hydrogen-bond donors (Lipinski definition) is 1. The molecule has 4 nitrogen and oxygen atoms in total. The maximum absolute atomic E-state index is 14.2. The molecule has 0 radical (unpaired) electrons. The highest BCUT2D eigenvalue weighted by atomic mass is 19.1. The molecule has 0 unspecified atom stereocenters. The van der Waals surface area contributed by atoms with Gasteiger partial charge in [0.05, 0.1) is 6.54 Å². The van der Waals surface area contributed by atoms with Gasteiger partial charge in [-0.25, -0.2) is 14.4 Å². The second kappa shape index (κ2) is 5.41. The highest BCUT2D eigenvalue weighted by Gasteiger charge is 2.34. The summed E-state index contributed by atoms with van der Waals surface area (Å²) in [6.45, 7) is 3.30. The van der Waals surface area contributed by atoms with E-state index in [4.69, 9.17) is 0 Å². The number of piperidine rings is 1. The van der Waals surface area contributed by atoms with Crippen LogP contribution in [0, 0.1) is 0 Å². The van der Waals surface area contributed by atoms with Crippen molar-refractivity contribution in [1.82, 2.24) is 15.3 Å². The molecule has 1 aromatic rings. The molecule has 2 atom stereocenters. The lowest BCUT2D eigenvalue weighted by Crippen LogP contribution is -2.51. The number of nitrogens with zero attached hydrogens (tertiary/aromatic N) is 3. The van der Waals surface area contributed by atoms with Crippen LogP contribution in [0.25, 0.3) is 0 Å². The van der Waals surface area contributed by atoms with Crippen LogP contribution in [-0.2, 0) is 6.42 Å². The van der Waals surface area contributed by atoms with Gasteiger partial charge in [0.1, 0.15) is 6.17 Å². The van der Waals surface area contributed by atoms with Gasteiger partial charge in [-0.05, 0) is 31.2 Å². The van der Waals surface area contributed by atoms with E-state index in [0.717, 1.165) is 24.9 Å².